The number of thioether (sulfide) groups is 1. The maximum Gasteiger partial charge on any atom is 0.286 e. The van der Waals surface area contributed by atoms with E-state index in [0.29, 0.717) is 23.0 Å². The van der Waals surface area contributed by atoms with Gasteiger partial charge in [-0.3, -0.25) is 9.59 Å². The summed E-state index contributed by atoms with van der Waals surface area (Å²) in [5.41, 5.74) is 1.86. The third kappa shape index (κ3) is 4.97. The van der Waals surface area contributed by atoms with Crippen LogP contribution in [0.4, 0.5) is 0 Å². The van der Waals surface area contributed by atoms with E-state index in [2.05, 4.69) is 57.2 Å². The van der Waals surface area contributed by atoms with E-state index in [1.807, 2.05) is 30.3 Å². The van der Waals surface area contributed by atoms with Crippen LogP contribution in [-0.2, 0) is 16.2 Å². The van der Waals surface area contributed by atoms with Gasteiger partial charge in [0.15, 0.2) is 16.7 Å². The molecular weight excluding hydrogens is 539 g/mol. The summed E-state index contributed by atoms with van der Waals surface area (Å²) in [5, 5.41) is 5.14. The Morgan fingerprint density at radius 3 is 2.75 bits per heavy atom. The van der Waals surface area contributed by atoms with Crippen LogP contribution >= 0.6 is 34.4 Å². The fourth-order valence-corrected chi connectivity index (χ4v) is 4.94. The number of carbonyl (C=O) groups excluding carboxylic acids is 2. The number of methoxy groups -OCH3 is 1. The molecule has 0 unspecified atom stereocenters. The molecule has 0 atom stereocenters. The zero-order valence-electron chi connectivity index (χ0n) is 17.3. The minimum absolute atomic E-state index is 0.269. The Bertz CT molecular complexity index is 1280. The van der Waals surface area contributed by atoms with Gasteiger partial charge in [0.05, 0.1) is 15.6 Å². The summed E-state index contributed by atoms with van der Waals surface area (Å²) in [6.07, 6.45) is 1.73. The largest absolute Gasteiger partial charge is 0.493 e. The first kappa shape index (κ1) is 22.3. The number of nitrogens with zero attached hydrogens (tertiary/aromatic N) is 1. The van der Waals surface area contributed by atoms with Crippen LogP contribution in [0.25, 0.3) is 16.8 Å². The maximum absolute atomic E-state index is 12.2. The number of nitrogens with one attached hydrogen (secondary N) is 1. The molecule has 0 fully saturated rings. The van der Waals surface area contributed by atoms with Gasteiger partial charge in [-0.05, 0) is 74.5 Å². The molecular formula is C24H19IN2O4S. The maximum atomic E-state index is 12.2. The summed E-state index contributed by atoms with van der Waals surface area (Å²) in [5.74, 6) is 0.560. The van der Waals surface area contributed by atoms with Crippen molar-refractivity contribution in [2.45, 2.75) is 13.5 Å². The fourth-order valence-electron chi connectivity index (χ4n) is 3.30. The SMILES string of the molecule is COc1cc(/C=C2\SC(NC(C)=O)=NC2=O)cc(I)c1OCc1cccc2ccccc12. The molecule has 3 aromatic rings. The first-order chi connectivity index (χ1) is 15.4. The molecule has 1 heterocycles. The molecule has 1 aliphatic rings. The second kappa shape index (κ2) is 9.74. The van der Waals surface area contributed by atoms with Crippen molar-refractivity contribution in [3.8, 4) is 11.5 Å². The van der Waals surface area contributed by atoms with E-state index in [1.165, 1.54) is 6.92 Å². The monoisotopic (exact) mass is 558 g/mol. The zero-order chi connectivity index (χ0) is 22.7. The lowest BCUT2D eigenvalue weighted by molar-refractivity contribution is -0.117. The fraction of sp³-hybridized carbons (Fsp3) is 0.125. The van der Waals surface area contributed by atoms with Crippen molar-refractivity contribution in [1.29, 1.82) is 0 Å². The predicted molar refractivity (Wildman–Crippen MR) is 136 cm³/mol. The van der Waals surface area contributed by atoms with Crippen molar-refractivity contribution < 1.29 is 19.1 Å². The number of hydrogen-bond donors (Lipinski definition) is 1. The van der Waals surface area contributed by atoms with Gasteiger partial charge in [0.25, 0.3) is 5.91 Å². The van der Waals surface area contributed by atoms with Gasteiger partial charge in [-0.25, -0.2) is 0 Å². The second-order valence-corrected chi connectivity index (χ2v) is 9.17. The highest BCUT2D eigenvalue weighted by molar-refractivity contribution is 14.1. The molecule has 3 aromatic carbocycles. The van der Waals surface area contributed by atoms with Gasteiger partial charge in [0, 0.05) is 6.92 Å². The molecule has 8 heteroatoms. The summed E-state index contributed by atoms with van der Waals surface area (Å²) in [7, 11) is 1.58. The number of aliphatic imine (C=N–C) groups is 1. The van der Waals surface area contributed by atoms with E-state index in [-0.39, 0.29) is 17.0 Å². The highest BCUT2D eigenvalue weighted by Gasteiger charge is 2.23. The Balaban J connectivity index is 1.56. The summed E-state index contributed by atoms with van der Waals surface area (Å²) >= 11 is 3.33. The molecule has 0 spiro atoms. The Hall–Kier alpha value is -2.85. The van der Waals surface area contributed by atoms with E-state index >= 15 is 0 Å². The van der Waals surface area contributed by atoms with Crippen LogP contribution in [0.2, 0.25) is 0 Å². The van der Waals surface area contributed by atoms with Crippen LogP contribution in [0, 0.1) is 3.57 Å². The molecule has 6 nitrogen and oxygen atoms in total. The number of hydrogen-bond acceptors (Lipinski definition) is 5. The summed E-state index contributed by atoms with van der Waals surface area (Å²) in [6, 6.07) is 18.1. The van der Waals surface area contributed by atoms with E-state index in [0.717, 1.165) is 37.2 Å². The molecule has 0 aromatic heterocycles. The normalized spacial score (nSPS) is 14.5. The molecule has 0 radical (unpaired) electrons. The lowest BCUT2D eigenvalue weighted by Gasteiger charge is -2.15. The Morgan fingerprint density at radius 1 is 1.19 bits per heavy atom. The van der Waals surface area contributed by atoms with Gasteiger partial charge in [0.1, 0.15) is 6.61 Å². The number of benzene rings is 3. The lowest BCUT2D eigenvalue weighted by atomic mass is 10.1. The molecule has 0 saturated carbocycles. The van der Waals surface area contributed by atoms with Crippen molar-refractivity contribution in [3.05, 3.63) is 74.2 Å². The average Bonchev–Trinajstić information content (AvgIpc) is 3.10. The quantitative estimate of drug-likeness (QED) is 0.347. The summed E-state index contributed by atoms with van der Waals surface area (Å²) in [4.78, 5) is 27.6. The van der Waals surface area contributed by atoms with Crippen LogP contribution in [0.1, 0.15) is 18.1 Å². The topological polar surface area (TPSA) is 77.0 Å². The molecule has 0 bridgehead atoms. The first-order valence-electron chi connectivity index (χ1n) is 9.71. The van der Waals surface area contributed by atoms with Gasteiger partial charge in [-0.15, -0.1) is 0 Å². The Kier molecular flexibility index (Phi) is 6.80. The number of amides is 2. The van der Waals surface area contributed by atoms with Crippen molar-refractivity contribution in [1.82, 2.24) is 5.32 Å². The van der Waals surface area contributed by atoms with E-state index in [4.69, 9.17) is 9.47 Å². The predicted octanol–water partition coefficient (Wildman–Crippen LogP) is 5.14. The third-order valence-electron chi connectivity index (χ3n) is 4.70. The van der Waals surface area contributed by atoms with Crippen LogP contribution in [-0.4, -0.2) is 24.1 Å². The molecule has 1 aliphatic heterocycles. The van der Waals surface area contributed by atoms with Gasteiger partial charge in [0.2, 0.25) is 5.91 Å². The minimum atomic E-state index is -0.385. The second-order valence-electron chi connectivity index (χ2n) is 6.98. The number of rotatable bonds is 5. The van der Waals surface area contributed by atoms with Crippen LogP contribution in [0.3, 0.4) is 0 Å². The van der Waals surface area contributed by atoms with E-state index < -0.39 is 0 Å². The van der Waals surface area contributed by atoms with Crippen LogP contribution < -0.4 is 14.8 Å². The van der Waals surface area contributed by atoms with Crippen molar-refractivity contribution >= 4 is 68.2 Å². The number of fused-ring (bicyclic) bond motifs is 1. The molecule has 0 saturated heterocycles. The molecule has 32 heavy (non-hydrogen) atoms. The van der Waals surface area contributed by atoms with Crippen molar-refractivity contribution in [3.63, 3.8) is 0 Å². The molecule has 4 rings (SSSR count). The molecule has 162 valence electrons. The Morgan fingerprint density at radius 2 is 1.97 bits per heavy atom. The number of ether oxygens (including phenoxy) is 2. The van der Waals surface area contributed by atoms with Gasteiger partial charge >= 0.3 is 0 Å². The third-order valence-corrected chi connectivity index (χ3v) is 6.41. The lowest BCUT2D eigenvalue weighted by Crippen LogP contribution is -2.23. The van der Waals surface area contributed by atoms with Gasteiger partial charge in [-0.1, -0.05) is 42.5 Å². The van der Waals surface area contributed by atoms with Crippen molar-refractivity contribution in [2.24, 2.45) is 4.99 Å². The van der Waals surface area contributed by atoms with E-state index in [1.54, 1.807) is 13.2 Å². The van der Waals surface area contributed by atoms with Crippen LogP contribution in [0.5, 0.6) is 11.5 Å². The van der Waals surface area contributed by atoms with Crippen molar-refractivity contribution in [2.75, 3.05) is 7.11 Å². The smallest absolute Gasteiger partial charge is 0.286 e. The minimum Gasteiger partial charge on any atom is -0.493 e. The average molecular weight is 558 g/mol. The highest BCUT2D eigenvalue weighted by atomic mass is 127. The number of amidine groups is 1. The highest BCUT2D eigenvalue weighted by Crippen LogP contribution is 2.37. The van der Waals surface area contributed by atoms with Crippen LogP contribution in [0.15, 0.2) is 64.5 Å². The molecule has 2 amide bonds. The summed E-state index contributed by atoms with van der Waals surface area (Å²) in [6.45, 7) is 1.77. The van der Waals surface area contributed by atoms with E-state index in [9.17, 15) is 9.59 Å². The Labute approximate surface area is 203 Å². The number of halogens is 1. The van der Waals surface area contributed by atoms with Gasteiger partial charge < -0.3 is 14.8 Å². The van der Waals surface area contributed by atoms with Gasteiger partial charge in [-0.2, -0.15) is 4.99 Å². The molecule has 0 aliphatic carbocycles. The zero-order valence-corrected chi connectivity index (χ0v) is 20.3. The number of carbonyl (C=O) groups is 2. The standard InChI is InChI=1S/C24H19IN2O4S/c1-14(28)26-24-27-23(29)21(32-24)12-15-10-19(25)22(20(11-15)30-2)31-13-17-8-5-7-16-6-3-4-9-18(16)17/h3-12H,13H2,1-2H3,(H,26,27,28,29)/b21-12-. The summed E-state index contributed by atoms with van der Waals surface area (Å²) < 4.78 is 12.6. The first-order valence-corrected chi connectivity index (χ1v) is 11.6. The molecule has 1 N–H and O–H groups in total.